The number of carbonyl (C=O) groups excluding carboxylic acids is 1. The number of benzene rings is 2. The number of hydrogen-bond acceptors (Lipinski definition) is 3. The van der Waals surface area contributed by atoms with E-state index in [1.807, 2.05) is 25.7 Å². The molecule has 1 saturated heterocycles. The van der Waals surface area contributed by atoms with Crippen LogP contribution in [-0.4, -0.2) is 39.6 Å². The summed E-state index contributed by atoms with van der Waals surface area (Å²) in [6.45, 7) is 12.6. The SMILES string of the molecule is CC(C)(C)OC(=O)N1CCCC(N(Cc2ccccc2)Cc2ccccc2)C1(C)C. The first kappa shape index (κ1) is 22.4. The van der Waals surface area contributed by atoms with E-state index in [-0.39, 0.29) is 17.7 Å². The fourth-order valence-corrected chi connectivity index (χ4v) is 4.45. The van der Waals surface area contributed by atoms with E-state index in [0.29, 0.717) is 0 Å². The first-order valence-corrected chi connectivity index (χ1v) is 11.0. The zero-order valence-electron chi connectivity index (χ0n) is 19.1. The highest BCUT2D eigenvalue weighted by molar-refractivity contribution is 5.69. The maximum Gasteiger partial charge on any atom is 0.410 e. The van der Waals surface area contributed by atoms with Crippen LogP contribution in [0.1, 0.15) is 58.6 Å². The molecule has 0 spiro atoms. The normalized spacial score (nSPS) is 19.0. The Morgan fingerprint density at radius 1 is 1.00 bits per heavy atom. The minimum atomic E-state index is -0.492. The Kier molecular flexibility index (Phi) is 6.87. The van der Waals surface area contributed by atoms with Gasteiger partial charge >= 0.3 is 6.09 Å². The Labute approximate surface area is 181 Å². The fraction of sp³-hybridized carbons (Fsp3) is 0.500. The smallest absolute Gasteiger partial charge is 0.410 e. The topological polar surface area (TPSA) is 32.8 Å². The number of amides is 1. The molecule has 1 aliphatic rings. The molecule has 1 fully saturated rings. The van der Waals surface area contributed by atoms with Gasteiger partial charge in [0.2, 0.25) is 0 Å². The van der Waals surface area contributed by atoms with Gasteiger partial charge in [0.05, 0.1) is 5.54 Å². The molecule has 2 aromatic carbocycles. The molecule has 4 nitrogen and oxygen atoms in total. The van der Waals surface area contributed by atoms with Crippen molar-refractivity contribution >= 4 is 6.09 Å². The van der Waals surface area contributed by atoms with Crippen LogP contribution in [0.5, 0.6) is 0 Å². The molecule has 1 atom stereocenters. The molecule has 0 aromatic heterocycles. The lowest BCUT2D eigenvalue weighted by atomic mass is 9.83. The monoisotopic (exact) mass is 408 g/mol. The van der Waals surface area contributed by atoms with Crippen molar-refractivity contribution in [3.63, 3.8) is 0 Å². The summed E-state index contributed by atoms with van der Waals surface area (Å²) in [5, 5.41) is 0. The molecule has 0 N–H and O–H groups in total. The zero-order chi connectivity index (χ0) is 21.8. The van der Waals surface area contributed by atoms with Crippen molar-refractivity contribution < 1.29 is 9.53 Å². The molecule has 2 aromatic rings. The van der Waals surface area contributed by atoms with Gasteiger partial charge in [0.25, 0.3) is 0 Å². The molecule has 0 bridgehead atoms. The maximum atomic E-state index is 13.0. The molecular weight excluding hydrogens is 372 g/mol. The average molecular weight is 409 g/mol. The third kappa shape index (κ3) is 5.63. The van der Waals surface area contributed by atoms with Crippen molar-refractivity contribution in [1.82, 2.24) is 9.80 Å². The predicted molar refractivity (Wildman–Crippen MR) is 122 cm³/mol. The average Bonchev–Trinajstić information content (AvgIpc) is 2.67. The van der Waals surface area contributed by atoms with Crippen LogP contribution in [0.4, 0.5) is 4.79 Å². The summed E-state index contributed by atoms with van der Waals surface area (Å²) >= 11 is 0. The third-order valence-corrected chi connectivity index (χ3v) is 5.88. The number of likely N-dealkylation sites (tertiary alicyclic amines) is 1. The second-order valence-electron chi connectivity index (χ2n) is 9.82. The third-order valence-electron chi connectivity index (χ3n) is 5.88. The molecule has 1 aliphatic heterocycles. The van der Waals surface area contributed by atoms with Gasteiger partial charge in [0.1, 0.15) is 5.60 Å². The number of rotatable bonds is 5. The highest BCUT2D eigenvalue weighted by atomic mass is 16.6. The largest absolute Gasteiger partial charge is 0.444 e. The van der Waals surface area contributed by atoms with Crippen LogP contribution in [0.15, 0.2) is 60.7 Å². The minimum absolute atomic E-state index is 0.212. The summed E-state index contributed by atoms with van der Waals surface area (Å²) in [6, 6.07) is 21.4. The molecule has 4 heteroatoms. The number of piperidine rings is 1. The van der Waals surface area contributed by atoms with E-state index in [2.05, 4.69) is 79.4 Å². The predicted octanol–water partition coefficient (Wildman–Crippen LogP) is 5.87. The van der Waals surface area contributed by atoms with Gasteiger partial charge in [-0.15, -0.1) is 0 Å². The van der Waals surface area contributed by atoms with Crippen LogP contribution in [0.3, 0.4) is 0 Å². The molecule has 0 aliphatic carbocycles. The van der Waals surface area contributed by atoms with Gasteiger partial charge in [0, 0.05) is 25.7 Å². The molecule has 1 heterocycles. The summed E-state index contributed by atoms with van der Waals surface area (Å²) in [4.78, 5) is 17.5. The van der Waals surface area contributed by atoms with E-state index in [1.165, 1.54) is 11.1 Å². The van der Waals surface area contributed by atoms with Crippen molar-refractivity contribution in [3.05, 3.63) is 71.8 Å². The van der Waals surface area contributed by atoms with Crippen molar-refractivity contribution in [3.8, 4) is 0 Å². The fourth-order valence-electron chi connectivity index (χ4n) is 4.45. The lowest BCUT2D eigenvalue weighted by molar-refractivity contribution is -0.0434. The van der Waals surface area contributed by atoms with Crippen LogP contribution < -0.4 is 0 Å². The number of carbonyl (C=O) groups is 1. The van der Waals surface area contributed by atoms with Gasteiger partial charge in [-0.25, -0.2) is 4.79 Å². The molecule has 0 saturated carbocycles. The van der Waals surface area contributed by atoms with E-state index < -0.39 is 5.60 Å². The van der Waals surface area contributed by atoms with Crippen molar-refractivity contribution in [1.29, 1.82) is 0 Å². The van der Waals surface area contributed by atoms with E-state index in [4.69, 9.17) is 4.74 Å². The molecule has 3 rings (SSSR count). The van der Waals surface area contributed by atoms with Crippen LogP contribution in [0.2, 0.25) is 0 Å². The number of hydrogen-bond donors (Lipinski definition) is 0. The van der Waals surface area contributed by atoms with E-state index in [0.717, 1.165) is 32.5 Å². The summed E-state index contributed by atoms with van der Waals surface area (Å²) < 4.78 is 5.75. The highest BCUT2D eigenvalue weighted by Gasteiger charge is 2.45. The first-order valence-electron chi connectivity index (χ1n) is 11.0. The second-order valence-corrected chi connectivity index (χ2v) is 9.82. The second kappa shape index (κ2) is 9.22. The Hall–Kier alpha value is -2.33. The highest BCUT2D eigenvalue weighted by Crippen LogP contribution is 2.34. The summed E-state index contributed by atoms with van der Waals surface area (Å²) in [7, 11) is 0. The van der Waals surface area contributed by atoms with E-state index in [1.54, 1.807) is 0 Å². The number of ether oxygens (including phenoxy) is 1. The van der Waals surface area contributed by atoms with E-state index in [9.17, 15) is 4.79 Å². The van der Waals surface area contributed by atoms with Crippen LogP contribution >= 0.6 is 0 Å². The summed E-state index contributed by atoms with van der Waals surface area (Å²) in [5.41, 5.74) is 1.76. The lowest BCUT2D eigenvalue weighted by Crippen LogP contribution is -2.63. The summed E-state index contributed by atoms with van der Waals surface area (Å²) in [6.07, 6.45) is 1.83. The van der Waals surface area contributed by atoms with Crippen molar-refractivity contribution in [2.45, 2.75) is 77.7 Å². The standard InChI is InChI=1S/C26H36N2O2/c1-25(2,3)30-24(29)28-18-12-17-23(26(28,4)5)27(19-21-13-8-6-9-14-21)20-22-15-10-7-11-16-22/h6-11,13-16,23H,12,17-20H2,1-5H3. The van der Waals surface area contributed by atoms with Gasteiger partial charge in [-0.3, -0.25) is 4.90 Å². The van der Waals surface area contributed by atoms with Crippen LogP contribution in [0, 0.1) is 0 Å². The van der Waals surface area contributed by atoms with Gasteiger partial charge in [-0.1, -0.05) is 60.7 Å². The first-order chi connectivity index (χ1) is 14.2. The van der Waals surface area contributed by atoms with E-state index >= 15 is 0 Å². The number of nitrogens with zero attached hydrogens (tertiary/aromatic N) is 2. The Morgan fingerprint density at radius 2 is 1.50 bits per heavy atom. The maximum absolute atomic E-state index is 13.0. The Balaban J connectivity index is 1.87. The van der Waals surface area contributed by atoms with Crippen molar-refractivity contribution in [2.75, 3.05) is 6.54 Å². The van der Waals surface area contributed by atoms with Crippen molar-refractivity contribution in [2.24, 2.45) is 0 Å². The van der Waals surface area contributed by atoms with Gasteiger partial charge in [-0.2, -0.15) is 0 Å². The zero-order valence-corrected chi connectivity index (χ0v) is 19.1. The minimum Gasteiger partial charge on any atom is -0.444 e. The summed E-state index contributed by atoms with van der Waals surface area (Å²) in [5.74, 6) is 0. The van der Waals surface area contributed by atoms with Gasteiger partial charge in [0.15, 0.2) is 0 Å². The molecule has 0 radical (unpaired) electrons. The van der Waals surface area contributed by atoms with Crippen LogP contribution in [0.25, 0.3) is 0 Å². The quantitative estimate of drug-likeness (QED) is 0.620. The molecule has 1 unspecified atom stereocenters. The molecule has 162 valence electrons. The lowest BCUT2D eigenvalue weighted by Gasteiger charge is -2.51. The Morgan fingerprint density at radius 3 is 1.97 bits per heavy atom. The molecule has 1 amide bonds. The Bertz CT molecular complexity index is 770. The van der Waals surface area contributed by atoms with Crippen LogP contribution in [-0.2, 0) is 17.8 Å². The van der Waals surface area contributed by atoms with Gasteiger partial charge < -0.3 is 9.64 Å². The molecule has 30 heavy (non-hydrogen) atoms. The molecular formula is C26H36N2O2. The van der Waals surface area contributed by atoms with Gasteiger partial charge in [-0.05, 0) is 58.6 Å².